The van der Waals surface area contributed by atoms with Crippen LogP contribution in [0.2, 0.25) is 0 Å². The van der Waals surface area contributed by atoms with Crippen LogP contribution in [0.25, 0.3) is 0 Å². The van der Waals surface area contributed by atoms with Crippen LogP contribution in [0.1, 0.15) is 13.8 Å². The first-order valence-electron chi connectivity index (χ1n) is 6.24. The van der Waals surface area contributed by atoms with E-state index < -0.39 is 4.92 Å². The third-order valence-electron chi connectivity index (χ3n) is 3.19. The summed E-state index contributed by atoms with van der Waals surface area (Å²) in [4.78, 5) is 17.0. The van der Waals surface area contributed by atoms with Crippen LogP contribution in [0.3, 0.4) is 0 Å². The van der Waals surface area contributed by atoms with Crippen molar-refractivity contribution in [1.29, 1.82) is 0 Å². The molecule has 1 aliphatic rings. The maximum Gasteiger partial charge on any atom is 0.311 e. The molecule has 0 aliphatic carbocycles. The molecular weight excluding hydrogens is 248 g/mol. The van der Waals surface area contributed by atoms with Gasteiger partial charge < -0.3 is 15.0 Å². The molecule has 0 bridgehead atoms. The van der Waals surface area contributed by atoms with E-state index in [4.69, 9.17) is 4.74 Å². The van der Waals surface area contributed by atoms with E-state index in [1.165, 1.54) is 6.07 Å². The molecule has 2 atom stereocenters. The molecule has 2 unspecified atom stereocenters. The van der Waals surface area contributed by atoms with Crippen LogP contribution in [-0.4, -0.2) is 42.3 Å². The lowest BCUT2D eigenvalue weighted by Crippen LogP contribution is -2.48. The molecule has 7 nitrogen and oxygen atoms in total. The molecular formula is C12H18N4O3. The highest BCUT2D eigenvalue weighted by Crippen LogP contribution is 2.30. The first-order chi connectivity index (χ1) is 9.02. The average Bonchev–Trinajstić information content (AvgIpc) is 2.40. The zero-order valence-electron chi connectivity index (χ0n) is 11.3. The summed E-state index contributed by atoms with van der Waals surface area (Å²) in [5, 5.41) is 14.0. The van der Waals surface area contributed by atoms with Crippen LogP contribution in [0, 0.1) is 10.1 Å². The Morgan fingerprint density at radius 1 is 1.53 bits per heavy atom. The van der Waals surface area contributed by atoms with E-state index in [1.807, 2.05) is 18.7 Å². The van der Waals surface area contributed by atoms with Gasteiger partial charge in [-0.15, -0.1) is 0 Å². The third-order valence-corrected chi connectivity index (χ3v) is 3.19. The Morgan fingerprint density at radius 3 is 2.89 bits per heavy atom. The number of morpholine rings is 1. The molecule has 104 valence electrons. The number of anilines is 2. The molecule has 0 saturated carbocycles. The maximum atomic E-state index is 11.1. The molecule has 19 heavy (non-hydrogen) atoms. The summed E-state index contributed by atoms with van der Waals surface area (Å²) >= 11 is 0. The minimum atomic E-state index is -0.394. The van der Waals surface area contributed by atoms with E-state index in [1.54, 1.807) is 13.1 Å². The third kappa shape index (κ3) is 2.76. The first-order valence-corrected chi connectivity index (χ1v) is 6.24. The lowest BCUT2D eigenvalue weighted by atomic mass is 10.2. The molecule has 1 fully saturated rings. The van der Waals surface area contributed by atoms with Crippen LogP contribution in [0.15, 0.2) is 12.1 Å². The van der Waals surface area contributed by atoms with Gasteiger partial charge in [0.05, 0.1) is 23.7 Å². The highest BCUT2D eigenvalue weighted by atomic mass is 16.6. The highest BCUT2D eigenvalue weighted by molar-refractivity contribution is 5.62. The predicted molar refractivity (Wildman–Crippen MR) is 72.7 cm³/mol. The van der Waals surface area contributed by atoms with Gasteiger partial charge in [0.15, 0.2) is 0 Å². The van der Waals surface area contributed by atoms with Crippen LogP contribution in [0.4, 0.5) is 17.3 Å². The summed E-state index contributed by atoms with van der Waals surface area (Å²) in [6.07, 6.45) is 0.0378. The minimum absolute atomic E-state index is 0.0277. The van der Waals surface area contributed by atoms with Crippen molar-refractivity contribution in [3.05, 3.63) is 22.2 Å². The van der Waals surface area contributed by atoms with Gasteiger partial charge in [-0.05, 0) is 19.9 Å². The number of pyridine rings is 1. The van der Waals surface area contributed by atoms with Crippen LogP contribution in [0.5, 0.6) is 0 Å². The summed E-state index contributed by atoms with van der Waals surface area (Å²) in [5.41, 5.74) is 0.0277. The molecule has 7 heteroatoms. The van der Waals surface area contributed by atoms with E-state index in [0.717, 1.165) is 0 Å². The van der Waals surface area contributed by atoms with Crippen molar-refractivity contribution in [2.24, 2.45) is 0 Å². The van der Waals surface area contributed by atoms with E-state index in [-0.39, 0.29) is 17.8 Å². The number of aromatic nitrogens is 1. The Hall–Kier alpha value is -1.89. The second-order valence-electron chi connectivity index (χ2n) is 4.69. The Balaban J connectivity index is 2.42. The lowest BCUT2D eigenvalue weighted by molar-refractivity contribution is -0.384. The van der Waals surface area contributed by atoms with Crippen molar-refractivity contribution < 1.29 is 9.66 Å². The number of nitrogens with one attached hydrogen (secondary N) is 1. The van der Waals surface area contributed by atoms with Gasteiger partial charge in [0.2, 0.25) is 5.82 Å². The molecule has 1 aromatic heterocycles. The van der Waals surface area contributed by atoms with Crippen molar-refractivity contribution in [2.75, 3.05) is 30.4 Å². The van der Waals surface area contributed by atoms with Crippen molar-refractivity contribution in [2.45, 2.75) is 26.0 Å². The maximum absolute atomic E-state index is 11.1. The standard InChI is InChI=1S/C12H18N4O3/c1-8-7-19-9(2)6-15(8)12-10(16(17)18)4-5-11(13-3)14-12/h4-5,8-9H,6-7H2,1-3H3,(H,13,14). The van der Waals surface area contributed by atoms with E-state index >= 15 is 0 Å². The van der Waals surface area contributed by atoms with E-state index in [9.17, 15) is 10.1 Å². The van der Waals surface area contributed by atoms with Gasteiger partial charge in [-0.1, -0.05) is 0 Å². The van der Waals surface area contributed by atoms with Gasteiger partial charge in [0.25, 0.3) is 0 Å². The molecule has 1 saturated heterocycles. The second kappa shape index (κ2) is 5.40. The number of nitro groups is 1. The van der Waals surface area contributed by atoms with Crippen LogP contribution < -0.4 is 10.2 Å². The highest BCUT2D eigenvalue weighted by Gasteiger charge is 2.30. The monoisotopic (exact) mass is 266 g/mol. The van der Waals surface area contributed by atoms with Crippen molar-refractivity contribution in [3.63, 3.8) is 0 Å². The quantitative estimate of drug-likeness (QED) is 0.661. The zero-order chi connectivity index (χ0) is 14.0. The Labute approximate surface area is 111 Å². The summed E-state index contributed by atoms with van der Waals surface area (Å²) < 4.78 is 5.54. The van der Waals surface area contributed by atoms with E-state index in [2.05, 4.69) is 10.3 Å². The number of ether oxygens (including phenoxy) is 1. The van der Waals surface area contributed by atoms with Gasteiger partial charge in [-0.3, -0.25) is 10.1 Å². The molecule has 1 aliphatic heterocycles. The normalized spacial score (nSPS) is 23.2. The Morgan fingerprint density at radius 2 is 2.26 bits per heavy atom. The summed E-state index contributed by atoms with van der Waals surface area (Å²) in [7, 11) is 1.74. The zero-order valence-corrected chi connectivity index (χ0v) is 11.3. The van der Waals surface area contributed by atoms with Crippen molar-refractivity contribution >= 4 is 17.3 Å². The molecule has 1 N–H and O–H groups in total. The Bertz CT molecular complexity index is 480. The Kier molecular flexibility index (Phi) is 3.84. The number of nitrogens with zero attached hydrogens (tertiary/aromatic N) is 3. The molecule has 0 aromatic carbocycles. The fourth-order valence-corrected chi connectivity index (χ4v) is 2.13. The second-order valence-corrected chi connectivity index (χ2v) is 4.69. The van der Waals surface area contributed by atoms with Gasteiger partial charge in [0, 0.05) is 19.7 Å². The number of hydrogen-bond donors (Lipinski definition) is 1. The smallest absolute Gasteiger partial charge is 0.311 e. The molecule has 2 heterocycles. The first kappa shape index (κ1) is 13.5. The topological polar surface area (TPSA) is 80.5 Å². The van der Waals surface area contributed by atoms with Crippen molar-refractivity contribution in [1.82, 2.24) is 4.98 Å². The van der Waals surface area contributed by atoms with Gasteiger partial charge in [-0.25, -0.2) is 4.98 Å². The largest absolute Gasteiger partial charge is 0.375 e. The van der Waals surface area contributed by atoms with E-state index in [0.29, 0.717) is 24.8 Å². The molecule has 0 amide bonds. The summed E-state index contributed by atoms with van der Waals surface area (Å²) in [5.74, 6) is 1.02. The van der Waals surface area contributed by atoms with Gasteiger partial charge in [-0.2, -0.15) is 0 Å². The molecule has 0 radical (unpaired) electrons. The minimum Gasteiger partial charge on any atom is -0.375 e. The van der Waals surface area contributed by atoms with Crippen LogP contribution >= 0.6 is 0 Å². The fraction of sp³-hybridized carbons (Fsp3) is 0.583. The number of hydrogen-bond acceptors (Lipinski definition) is 6. The average molecular weight is 266 g/mol. The fourth-order valence-electron chi connectivity index (χ4n) is 2.13. The van der Waals surface area contributed by atoms with Crippen molar-refractivity contribution in [3.8, 4) is 0 Å². The van der Waals surface area contributed by atoms with Gasteiger partial charge >= 0.3 is 5.69 Å². The van der Waals surface area contributed by atoms with Gasteiger partial charge in [0.1, 0.15) is 5.82 Å². The lowest BCUT2D eigenvalue weighted by Gasteiger charge is -2.37. The SMILES string of the molecule is CNc1ccc([N+](=O)[O-])c(N2CC(C)OCC2C)n1. The molecule has 2 rings (SSSR count). The van der Waals surface area contributed by atoms with Crippen LogP contribution in [-0.2, 0) is 4.74 Å². The predicted octanol–water partition coefficient (Wildman–Crippen LogP) is 1.65. The molecule has 1 aromatic rings. The number of rotatable bonds is 3. The summed E-state index contributed by atoms with van der Waals surface area (Å²) in [6.45, 7) is 5.07. The molecule has 0 spiro atoms. The summed E-state index contributed by atoms with van der Waals surface area (Å²) in [6, 6.07) is 3.16.